The fourth-order valence-electron chi connectivity index (χ4n) is 3.01. The molecular weight excluding hydrogens is 380 g/mol. The molecular formula is C18H22N6O5. The quantitative estimate of drug-likeness (QED) is 0.660. The Hall–Kier alpha value is -3.50. The summed E-state index contributed by atoms with van der Waals surface area (Å²) in [6, 6.07) is 0.790. The van der Waals surface area contributed by atoms with E-state index < -0.39 is 24.0 Å². The summed E-state index contributed by atoms with van der Waals surface area (Å²) in [4.78, 5) is 44.7. The monoisotopic (exact) mass is 402 g/mol. The van der Waals surface area contributed by atoms with E-state index >= 15 is 0 Å². The summed E-state index contributed by atoms with van der Waals surface area (Å²) in [5.41, 5.74) is 2.03. The number of urea groups is 1. The van der Waals surface area contributed by atoms with E-state index in [1.165, 1.54) is 0 Å². The van der Waals surface area contributed by atoms with Gasteiger partial charge in [0, 0.05) is 11.4 Å². The lowest BCUT2D eigenvalue weighted by atomic mass is 10.0. The molecule has 2 aromatic heterocycles. The average molecular weight is 402 g/mol. The molecule has 3 heterocycles. The van der Waals surface area contributed by atoms with Gasteiger partial charge in [0.05, 0.1) is 23.9 Å². The molecule has 1 atom stereocenters. The number of hydrogen-bond acceptors (Lipinski definition) is 8. The Morgan fingerprint density at radius 1 is 1.24 bits per heavy atom. The lowest BCUT2D eigenvalue weighted by molar-refractivity contribution is -0.143. The largest absolute Gasteiger partial charge is 0.463 e. The minimum absolute atomic E-state index is 0.175. The molecule has 0 aromatic carbocycles. The first kappa shape index (κ1) is 20.2. The zero-order valence-corrected chi connectivity index (χ0v) is 16.6. The number of ether oxygens (including phenoxy) is 2. The standard InChI is InChI=1S/C18H22N6O5/c1-5-28-16(26)15-11(4)20-18(27)21-12(15)8-29-14(25)7-13-22-17-19-9(2)6-10(3)24(17)23-13/h6,11H,5,7-8H2,1-4H3,(H2,20,21,27). The van der Waals surface area contributed by atoms with Crippen LogP contribution in [-0.4, -0.2) is 56.8 Å². The average Bonchev–Trinajstić information content (AvgIpc) is 3.02. The first-order valence-electron chi connectivity index (χ1n) is 9.11. The van der Waals surface area contributed by atoms with Gasteiger partial charge in [0.1, 0.15) is 13.0 Å². The van der Waals surface area contributed by atoms with Gasteiger partial charge in [0.15, 0.2) is 5.82 Å². The van der Waals surface area contributed by atoms with Crippen LogP contribution in [-0.2, 0) is 25.5 Å². The normalized spacial score (nSPS) is 16.4. The van der Waals surface area contributed by atoms with Gasteiger partial charge in [-0.3, -0.25) is 4.79 Å². The van der Waals surface area contributed by atoms with Crippen molar-refractivity contribution in [1.82, 2.24) is 30.2 Å². The molecule has 154 valence electrons. The molecule has 1 aliphatic rings. The fraction of sp³-hybridized carbons (Fsp3) is 0.444. The number of esters is 2. The fourth-order valence-corrected chi connectivity index (χ4v) is 3.01. The highest BCUT2D eigenvalue weighted by Crippen LogP contribution is 2.15. The van der Waals surface area contributed by atoms with Crippen LogP contribution in [0.25, 0.3) is 5.78 Å². The minimum Gasteiger partial charge on any atom is -0.463 e. The predicted octanol–water partition coefficient (Wildman–Crippen LogP) is 0.345. The van der Waals surface area contributed by atoms with Crippen molar-refractivity contribution < 1.29 is 23.9 Å². The van der Waals surface area contributed by atoms with Crippen molar-refractivity contribution in [2.75, 3.05) is 13.2 Å². The van der Waals surface area contributed by atoms with Gasteiger partial charge in [0.2, 0.25) is 0 Å². The van der Waals surface area contributed by atoms with Crippen molar-refractivity contribution in [3.05, 3.63) is 34.5 Å². The molecule has 0 spiro atoms. The van der Waals surface area contributed by atoms with Crippen LogP contribution < -0.4 is 10.6 Å². The second-order valence-corrected chi connectivity index (χ2v) is 6.55. The molecule has 29 heavy (non-hydrogen) atoms. The molecule has 3 rings (SSSR count). The highest BCUT2D eigenvalue weighted by atomic mass is 16.5. The van der Waals surface area contributed by atoms with Gasteiger partial charge in [-0.15, -0.1) is 5.10 Å². The van der Waals surface area contributed by atoms with Crippen molar-refractivity contribution >= 4 is 23.7 Å². The summed E-state index contributed by atoms with van der Waals surface area (Å²) in [7, 11) is 0. The number of hydrogen-bond donors (Lipinski definition) is 2. The Labute approximate surface area is 166 Å². The van der Waals surface area contributed by atoms with E-state index in [-0.39, 0.29) is 36.7 Å². The molecule has 0 fully saturated rings. The Kier molecular flexibility index (Phi) is 5.76. The molecule has 0 saturated heterocycles. The molecule has 0 saturated carbocycles. The number of rotatable bonds is 6. The van der Waals surface area contributed by atoms with Crippen LogP contribution in [0.2, 0.25) is 0 Å². The van der Waals surface area contributed by atoms with Crippen LogP contribution in [0.15, 0.2) is 17.3 Å². The highest BCUT2D eigenvalue weighted by molar-refractivity contribution is 5.94. The molecule has 11 heteroatoms. The number of nitrogens with zero attached hydrogens (tertiary/aromatic N) is 4. The van der Waals surface area contributed by atoms with Crippen LogP contribution in [0.4, 0.5) is 4.79 Å². The van der Waals surface area contributed by atoms with Gasteiger partial charge in [0.25, 0.3) is 5.78 Å². The van der Waals surface area contributed by atoms with E-state index in [0.717, 1.165) is 11.4 Å². The third-order valence-corrected chi connectivity index (χ3v) is 4.21. The van der Waals surface area contributed by atoms with E-state index in [4.69, 9.17) is 9.47 Å². The minimum atomic E-state index is -0.605. The zero-order valence-electron chi connectivity index (χ0n) is 16.6. The van der Waals surface area contributed by atoms with Gasteiger partial charge in [-0.2, -0.15) is 4.98 Å². The van der Waals surface area contributed by atoms with Crippen molar-refractivity contribution in [2.24, 2.45) is 0 Å². The number of carbonyl (C=O) groups is 3. The van der Waals surface area contributed by atoms with Crippen molar-refractivity contribution in [2.45, 2.75) is 40.2 Å². The number of amides is 2. The molecule has 2 aromatic rings. The number of aromatic nitrogens is 4. The molecule has 0 aliphatic carbocycles. The lowest BCUT2D eigenvalue weighted by Crippen LogP contribution is -2.50. The lowest BCUT2D eigenvalue weighted by Gasteiger charge is -2.26. The van der Waals surface area contributed by atoms with Crippen LogP contribution in [0.1, 0.15) is 31.1 Å². The summed E-state index contributed by atoms with van der Waals surface area (Å²) in [6.45, 7) is 6.93. The van der Waals surface area contributed by atoms with E-state index in [1.54, 1.807) is 18.4 Å². The Bertz CT molecular complexity index is 1010. The van der Waals surface area contributed by atoms with Crippen molar-refractivity contribution in [3.63, 3.8) is 0 Å². The first-order valence-corrected chi connectivity index (χ1v) is 9.11. The SMILES string of the molecule is CCOC(=O)C1=C(COC(=O)Cc2nc3nc(C)cc(C)n3n2)NC(=O)NC1C. The maximum Gasteiger partial charge on any atom is 0.338 e. The maximum absolute atomic E-state index is 12.3. The van der Waals surface area contributed by atoms with Crippen LogP contribution in [0.3, 0.4) is 0 Å². The smallest absolute Gasteiger partial charge is 0.338 e. The first-order chi connectivity index (χ1) is 13.8. The molecule has 0 bridgehead atoms. The topological polar surface area (TPSA) is 137 Å². The number of fused-ring (bicyclic) bond motifs is 1. The van der Waals surface area contributed by atoms with Gasteiger partial charge < -0.3 is 20.1 Å². The van der Waals surface area contributed by atoms with Gasteiger partial charge >= 0.3 is 18.0 Å². The number of nitrogens with one attached hydrogen (secondary N) is 2. The Morgan fingerprint density at radius 3 is 2.72 bits per heavy atom. The molecule has 11 nitrogen and oxygen atoms in total. The van der Waals surface area contributed by atoms with Crippen molar-refractivity contribution in [1.29, 1.82) is 0 Å². The maximum atomic E-state index is 12.3. The Balaban J connectivity index is 1.71. The van der Waals surface area contributed by atoms with Crippen molar-refractivity contribution in [3.8, 4) is 0 Å². The Morgan fingerprint density at radius 2 is 2.00 bits per heavy atom. The van der Waals surface area contributed by atoms with Gasteiger partial charge in [-0.1, -0.05) is 0 Å². The third kappa shape index (κ3) is 4.50. The second kappa shape index (κ2) is 8.25. The summed E-state index contributed by atoms with van der Waals surface area (Å²) in [6.07, 6.45) is -0.175. The zero-order chi connectivity index (χ0) is 21.1. The predicted molar refractivity (Wildman–Crippen MR) is 99.7 cm³/mol. The molecule has 0 radical (unpaired) electrons. The van der Waals surface area contributed by atoms with E-state index in [2.05, 4.69) is 25.7 Å². The molecule has 2 N–H and O–H groups in total. The third-order valence-electron chi connectivity index (χ3n) is 4.21. The van der Waals surface area contributed by atoms with E-state index in [0.29, 0.717) is 5.78 Å². The van der Waals surface area contributed by atoms with Crippen LogP contribution in [0.5, 0.6) is 0 Å². The summed E-state index contributed by atoms with van der Waals surface area (Å²) >= 11 is 0. The van der Waals surface area contributed by atoms with Gasteiger partial charge in [-0.05, 0) is 33.8 Å². The summed E-state index contributed by atoms with van der Waals surface area (Å²) in [5.74, 6) is -0.528. The van der Waals surface area contributed by atoms with E-state index in [1.807, 2.05) is 19.9 Å². The highest BCUT2D eigenvalue weighted by Gasteiger charge is 2.30. The number of aryl methyl sites for hydroxylation is 2. The van der Waals surface area contributed by atoms with Gasteiger partial charge in [-0.25, -0.2) is 19.1 Å². The summed E-state index contributed by atoms with van der Waals surface area (Å²) in [5, 5.41) is 9.32. The number of carbonyl (C=O) groups excluding carboxylic acids is 3. The second-order valence-electron chi connectivity index (χ2n) is 6.55. The molecule has 2 amide bonds. The van der Waals surface area contributed by atoms with Crippen LogP contribution >= 0.6 is 0 Å². The molecule has 1 unspecified atom stereocenters. The van der Waals surface area contributed by atoms with Crippen LogP contribution in [0, 0.1) is 13.8 Å². The van der Waals surface area contributed by atoms with E-state index in [9.17, 15) is 14.4 Å². The molecule has 1 aliphatic heterocycles. The summed E-state index contributed by atoms with van der Waals surface area (Å²) < 4.78 is 11.8.